The van der Waals surface area contributed by atoms with Crippen LogP contribution >= 0.6 is 0 Å². The molecule has 0 unspecified atom stereocenters. The van der Waals surface area contributed by atoms with Crippen molar-refractivity contribution in [3.63, 3.8) is 0 Å². The molecule has 4 aromatic rings. The lowest BCUT2D eigenvalue weighted by Crippen LogP contribution is -2.20. The maximum Gasteiger partial charge on any atom is 0.255 e. The van der Waals surface area contributed by atoms with Crippen molar-refractivity contribution in [3.8, 4) is 33.8 Å². The van der Waals surface area contributed by atoms with Crippen molar-refractivity contribution in [1.29, 1.82) is 0 Å². The second-order valence-corrected chi connectivity index (χ2v) is 12.4. The van der Waals surface area contributed by atoms with Gasteiger partial charge in [0.05, 0.1) is 4.90 Å². The molecule has 2 saturated heterocycles. The summed E-state index contributed by atoms with van der Waals surface area (Å²) in [6, 6.07) is 21.8. The number of hydrogen-bond donors (Lipinski definition) is 4. The van der Waals surface area contributed by atoms with Gasteiger partial charge in [-0.3, -0.25) is 4.79 Å². The van der Waals surface area contributed by atoms with E-state index in [0.29, 0.717) is 47.0 Å². The lowest BCUT2D eigenvalue weighted by molar-refractivity contribution is 0.102. The molecule has 45 heavy (non-hydrogen) atoms. The highest BCUT2D eigenvalue weighted by molar-refractivity contribution is 7.89. The zero-order valence-electron chi connectivity index (χ0n) is 24.0. The monoisotopic (exact) mass is 632 g/mol. The molecule has 6 rings (SSSR count). The molecule has 1 amide bonds. The first-order chi connectivity index (χ1) is 21.6. The van der Waals surface area contributed by atoms with E-state index in [4.69, 9.17) is 14.6 Å². The molecule has 5 N–H and O–H groups in total. The number of carbonyl (C=O) groups is 1. The second-order valence-electron chi connectivity index (χ2n) is 10.9. The highest BCUT2D eigenvalue weighted by Gasteiger charge is 2.22. The average Bonchev–Trinajstić information content (AvgIpc) is 3.74. The first kappa shape index (κ1) is 30.5. The van der Waals surface area contributed by atoms with E-state index in [2.05, 4.69) is 28.1 Å². The Bertz CT molecular complexity index is 1840. The van der Waals surface area contributed by atoms with E-state index in [-0.39, 0.29) is 28.2 Å². The van der Waals surface area contributed by atoms with Gasteiger partial charge in [0.1, 0.15) is 23.7 Å². The quantitative estimate of drug-likeness (QED) is 0.217. The van der Waals surface area contributed by atoms with Crippen LogP contribution in [0.25, 0.3) is 22.3 Å². The first-order valence-electron chi connectivity index (χ1n) is 14.4. The van der Waals surface area contributed by atoms with Crippen molar-refractivity contribution >= 4 is 21.6 Å². The van der Waals surface area contributed by atoms with Crippen molar-refractivity contribution in [1.82, 2.24) is 10.6 Å². The predicted molar refractivity (Wildman–Crippen MR) is 164 cm³/mol. The molecule has 232 valence electrons. The van der Waals surface area contributed by atoms with Crippen molar-refractivity contribution in [2.24, 2.45) is 5.14 Å². The second kappa shape index (κ2) is 12.8. The summed E-state index contributed by atoms with van der Waals surface area (Å²) in [4.78, 5) is 13.5. The largest absolute Gasteiger partial charge is 0.488 e. The molecule has 0 saturated carbocycles. The van der Waals surface area contributed by atoms with E-state index in [1.807, 2.05) is 0 Å². The number of benzene rings is 3. The van der Waals surface area contributed by atoms with Crippen molar-refractivity contribution in [2.45, 2.75) is 29.9 Å². The van der Waals surface area contributed by atoms with Crippen molar-refractivity contribution in [2.75, 3.05) is 31.5 Å². The fourth-order valence-electron chi connectivity index (χ4n) is 5.33. The summed E-state index contributed by atoms with van der Waals surface area (Å²) in [6.07, 6.45) is 1.39. The van der Waals surface area contributed by atoms with Crippen molar-refractivity contribution < 1.29 is 31.5 Å². The van der Waals surface area contributed by atoms with Crippen LogP contribution in [0.2, 0.25) is 0 Å². The summed E-state index contributed by atoms with van der Waals surface area (Å²) in [5, 5.41) is 14.7. The Labute approximate surface area is 259 Å². The molecule has 0 radical (unpaired) electrons. The standard InChI is InChI=1S/C33H30F2N4O5S/c34-29-7-4-21(16-30(29)35)27-15-22(5-8-31(27)43-24-10-12-37-18-24)33(40)39-23-6-9-32(44-25-11-13-38-19-25)28(17-23)20-2-1-3-26(14-20)45(36,41)42/h1-3,5-6,8-9,14-17,24-25,37-38H,10-13,18-19H2,(H,39,40)(H2,36,41,42)/t24-,25-/m0/s1. The van der Waals surface area contributed by atoms with Crippen LogP contribution in [-0.4, -0.2) is 52.7 Å². The zero-order chi connectivity index (χ0) is 31.6. The fourth-order valence-corrected chi connectivity index (χ4v) is 5.89. The Hall–Kier alpha value is -4.54. The van der Waals surface area contributed by atoms with Crippen LogP contribution in [0.4, 0.5) is 14.5 Å². The summed E-state index contributed by atoms with van der Waals surface area (Å²) in [5.74, 6) is -1.81. The van der Waals surface area contributed by atoms with Crippen molar-refractivity contribution in [3.05, 3.63) is 96.1 Å². The molecular formula is C33H30F2N4O5S. The third kappa shape index (κ3) is 7.08. The molecule has 2 heterocycles. The third-order valence-corrected chi connectivity index (χ3v) is 8.56. The van der Waals surface area contributed by atoms with Gasteiger partial charge >= 0.3 is 0 Å². The third-order valence-electron chi connectivity index (χ3n) is 7.65. The van der Waals surface area contributed by atoms with Gasteiger partial charge in [-0.05, 0) is 92.2 Å². The minimum absolute atomic E-state index is 0.0579. The number of sulfonamides is 1. The van der Waals surface area contributed by atoms with Gasteiger partial charge in [0.25, 0.3) is 5.91 Å². The Morgan fingerprint density at radius 1 is 0.867 bits per heavy atom. The van der Waals surface area contributed by atoms with Gasteiger partial charge < -0.3 is 25.4 Å². The summed E-state index contributed by atoms with van der Waals surface area (Å²) in [5.41, 5.74) is 2.29. The van der Waals surface area contributed by atoms with Crippen LogP contribution in [-0.2, 0) is 10.0 Å². The van der Waals surface area contributed by atoms with Gasteiger partial charge in [-0.25, -0.2) is 17.9 Å². The molecule has 4 aromatic carbocycles. The molecule has 0 aromatic heterocycles. The molecule has 2 fully saturated rings. The SMILES string of the molecule is NS(=O)(=O)c1cccc(-c2cc(NC(=O)c3ccc(O[C@H]4CCNC4)c(-c4c#cc(F)c(F)c4)c3)ccc2O[C@H]2CCNC2)c1. The number of carbonyl (C=O) groups excluding carboxylic acids is 1. The summed E-state index contributed by atoms with van der Waals surface area (Å²) >= 11 is 0. The molecule has 2 atom stereocenters. The van der Waals surface area contributed by atoms with Crippen LogP contribution in [0.3, 0.4) is 0 Å². The number of halogens is 2. The lowest BCUT2D eigenvalue weighted by atomic mass is 10.0. The molecule has 0 aliphatic carbocycles. The van der Waals surface area contributed by atoms with Gasteiger partial charge in [-0.15, -0.1) is 0 Å². The van der Waals surface area contributed by atoms with E-state index in [0.717, 1.165) is 32.0 Å². The normalized spacial score (nSPS) is 17.9. The molecule has 0 spiro atoms. The molecule has 12 heteroatoms. The number of ether oxygens (including phenoxy) is 2. The number of hydrogen-bond acceptors (Lipinski definition) is 7. The minimum Gasteiger partial charge on any atom is -0.488 e. The predicted octanol–water partition coefficient (Wildman–Crippen LogP) is 4.28. The number of anilines is 1. The van der Waals surface area contributed by atoms with E-state index < -0.39 is 27.6 Å². The van der Waals surface area contributed by atoms with Crippen LogP contribution < -0.4 is 30.6 Å². The van der Waals surface area contributed by atoms with Crippen LogP contribution in [0.1, 0.15) is 23.2 Å². The number of nitrogens with one attached hydrogen (secondary N) is 3. The topological polar surface area (TPSA) is 132 Å². The van der Waals surface area contributed by atoms with Gasteiger partial charge in [0.2, 0.25) is 15.8 Å². The molecular weight excluding hydrogens is 602 g/mol. The van der Waals surface area contributed by atoms with E-state index in [1.54, 1.807) is 42.5 Å². The maximum absolute atomic E-state index is 14.2. The summed E-state index contributed by atoms with van der Waals surface area (Å²) in [7, 11) is -3.96. The van der Waals surface area contributed by atoms with Crippen LogP contribution in [0, 0.1) is 23.8 Å². The molecule has 0 bridgehead atoms. The molecule has 9 nitrogen and oxygen atoms in total. The highest BCUT2D eigenvalue weighted by atomic mass is 32.2. The van der Waals surface area contributed by atoms with Gasteiger partial charge in [-0.2, -0.15) is 4.39 Å². The number of rotatable bonds is 9. The molecule has 2 aliphatic heterocycles. The molecule has 2 aliphatic rings. The number of amides is 1. The maximum atomic E-state index is 14.2. The Morgan fingerprint density at radius 3 is 2.20 bits per heavy atom. The fraction of sp³-hybridized carbons (Fsp3) is 0.242. The Morgan fingerprint density at radius 2 is 1.56 bits per heavy atom. The van der Waals surface area contributed by atoms with Crippen LogP contribution in [0.5, 0.6) is 11.5 Å². The first-order valence-corrected chi connectivity index (χ1v) is 16.0. The zero-order valence-corrected chi connectivity index (χ0v) is 24.8. The Kier molecular flexibility index (Phi) is 8.69. The summed E-state index contributed by atoms with van der Waals surface area (Å²) < 4.78 is 64.3. The number of primary sulfonamides is 1. The average molecular weight is 633 g/mol. The van der Waals surface area contributed by atoms with E-state index in [9.17, 15) is 22.0 Å². The number of nitrogens with two attached hydrogens (primary N) is 1. The van der Waals surface area contributed by atoms with E-state index >= 15 is 0 Å². The van der Waals surface area contributed by atoms with Gasteiger partial charge in [0, 0.05) is 41.0 Å². The lowest BCUT2D eigenvalue weighted by Gasteiger charge is -2.18. The van der Waals surface area contributed by atoms with Crippen LogP contribution in [0.15, 0.2) is 71.6 Å². The Balaban J connectivity index is 1.33. The van der Waals surface area contributed by atoms with Gasteiger partial charge in [-0.1, -0.05) is 18.2 Å². The smallest absolute Gasteiger partial charge is 0.255 e. The highest BCUT2D eigenvalue weighted by Crippen LogP contribution is 2.36. The minimum atomic E-state index is -3.96. The van der Waals surface area contributed by atoms with Gasteiger partial charge in [0.15, 0.2) is 5.82 Å². The summed E-state index contributed by atoms with van der Waals surface area (Å²) in [6.45, 7) is 2.91. The van der Waals surface area contributed by atoms with E-state index in [1.165, 1.54) is 18.2 Å².